The molecule has 0 saturated heterocycles. The highest BCUT2D eigenvalue weighted by atomic mass is 79.9. The second-order valence-electron chi connectivity index (χ2n) is 4.19. The molecule has 0 amide bonds. The van der Waals surface area contributed by atoms with Crippen molar-refractivity contribution < 1.29 is 5.11 Å². The number of hydrogen-bond acceptors (Lipinski definition) is 2. The van der Waals surface area contributed by atoms with Crippen molar-refractivity contribution in [3.8, 4) is 0 Å². The molecule has 94 valence electrons. The van der Waals surface area contributed by atoms with Crippen molar-refractivity contribution in [3.63, 3.8) is 0 Å². The van der Waals surface area contributed by atoms with E-state index in [0.29, 0.717) is 11.4 Å². The third kappa shape index (κ3) is 3.10. The van der Waals surface area contributed by atoms with Crippen molar-refractivity contribution in [2.24, 2.45) is 0 Å². The average molecular weight is 327 g/mol. The third-order valence-corrected chi connectivity index (χ3v) is 3.70. The molecule has 1 aromatic carbocycles. The second kappa shape index (κ2) is 5.83. The number of aromatic nitrogens is 1. The van der Waals surface area contributed by atoms with Crippen LogP contribution in [0.15, 0.2) is 41.1 Å². The number of pyridine rings is 1. The summed E-state index contributed by atoms with van der Waals surface area (Å²) in [5.41, 5.74) is 2.81. The van der Waals surface area contributed by atoms with Gasteiger partial charge >= 0.3 is 0 Å². The molecule has 0 radical (unpaired) electrons. The van der Waals surface area contributed by atoms with Gasteiger partial charge in [-0.15, -0.1) is 0 Å². The Hall–Kier alpha value is -0.900. The monoisotopic (exact) mass is 325 g/mol. The maximum atomic E-state index is 10.3. The summed E-state index contributed by atoms with van der Waals surface area (Å²) in [4.78, 5) is 4.02. The average Bonchev–Trinajstić information content (AvgIpc) is 2.33. The van der Waals surface area contributed by atoms with Crippen molar-refractivity contribution in [1.82, 2.24) is 4.98 Å². The maximum Gasteiger partial charge on any atom is 0.0834 e. The fraction of sp³-hybridized carbons (Fsp3) is 0.214. The normalized spacial score (nSPS) is 12.4. The van der Waals surface area contributed by atoms with Crippen LogP contribution in [-0.4, -0.2) is 10.1 Å². The van der Waals surface area contributed by atoms with Gasteiger partial charge < -0.3 is 5.11 Å². The zero-order chi connectivity index (χ0) is 13.1. The van der Waals surface area contributed by atoms with E-state index in [1.54, 1.807) is 12.4 Å². The van der Waals surface area contributed by atoms with E-state index >= 15 is 0 Å². The van der Waals surface area contributed by atoms with Crippen LogP contribution in [0.2, 0.25) is 5.02 Å². The lowest BCUT2D eigenvalue weighted by atomic mass is 9.99. The molecule has 1 unspecified atom stereocenters. The molecule has 18 heavy (non-hydrogen) atoms. The van der Waals surface area contributed by atoms with E-state index in [4.69, 9.17) is 11.6 Å². The van der Waals surface area contributed by atoms with Gasteiger partial charge in [-0.3, -0.25) is 4.98 Å². The van der Waals surface area contributed by atoms with Crippen LogP contribution in [-0.2, 0) is 6.42 Å². The van der Waals surface area contributed by atoms with Crippen LogP contribution in [0.3, 0.4) is 0 Å². The van der Waals surface area contributed by atoms with Crippen molar-refractivity contribution >= 4 is 27.5 Å². The van der Waals surface area contributed by atoms with Crippen molar-refractivity contribution in [3.05, 3.63) is 62.8 Å². The number of aliphatic hydroxyl groups is 1. The topological polar surface area (TPSA) is 33.1 Å². The summed E-state index contributed by atoms with van der Waals surface area (Å²) in [5, 5.41) is 10.9. The molecule has 2 nitrogen and oxygen atoms in total. The van der Waals surface area contributed by atoms with Gasteiger partial charge in [0.15, 0.2) is 0 Å². The van der Waals surface area contributed by atoms with E-state index in [-0.39, 0.29) is 0 Å². The van der Waals surface area contributed by atoms with Gasteiger partial charge in [0, 0.05) is 28.3 Å². The van der Waals surface area contributed by atoms with Crippen molar-refractivity contribution in [1.29, 1.82) is 0 Å². The summed E-state index contributed by atoms with van der Waals surface area (Å²) in [6.07, 6.45) is 3.37. The molecule has 4 heteroatoms. The molecule has 0 saturated carbocycles. The SMILES string of the molecule is Cc1cnccc1C(O)Cc1ccc(Br)cc1Cl. The van der Waals surface area contributed by atoms with Gasteiger partial charge in [0.2, 0.25) is 0 Å². The lowest BCUT2D eigenvalue weighted by molar-refractivity contribution is 0.177. The van der Waals surface area contributed by atoms with Gasteiger partial charge in [-0.1, -0.05) is 33.6 Å². The summed E-state index contributed by atoms with van der Waals surface area (Å²) >= 11 is 9.51. The second-order valence-corrected chi connectivity index (χ2v) is 5.51. The Kier molecular flexibility index (Phi) is 4.38. The molecule has 2 rings (SSSR count). The number of halogens is 2. The molecule has 0 spiro atoms. The summed E-state index contributed by atoms with van der Waals surface area (Å²) in [7, 11) is 0. The number of benzene rings is 1. The first-order valence-electron chi connectivity index (χ1n) is 5.60. The zero-order valence-electron chi connectivity index (χ0n) is 9.90. The molecule has 1 heterocycles. The molecular formula is C14H13BrClNO. The fourth-order valence-electron chi connectivity index (χ4n) is 1.86. The molecule has 1 aromatic heterocycles. The molecule has 2 aromatic rings. The standard InChI is InChI=1S/C14H13BrClNO/c1-9-8-17-5-4-12(9)14(18)6-10-2-3-11(15)7-13(10)16/h2-5,7-8,14,18H,6H2,1H3. The first-order valence-corrected chi connectivity index (χ1v) is 6.77. The summed E-state index contributed by atoms with van der Waals surface area (Å²) in [6, 6.07) is 7.52. The predicted molar refractivity (Wildman–Crippen MR) is 76.8 cm³/mol. The molecule has 0 fully saturated rings. The van der Waals surface area contributed by atoms with Crippen LogP contribution in [0.4, 0.5) is 0 Å². The number of nitrogens with zero attached hydrogens (tertiary/aromatic N) is 1. The maximum absolute atomic E-state index is 10.3. The largest absolute Gasteiger partial charge is 0.388 e. The zero-order valence-corrected chi connectivity index (χ0v) is 12.2. The Labute approximate surface area is 120 Å². The fourth-order valence-corrected chi connectivity index (χ4v) is 2.61. The van der Waals surface area contributed by atoms with Gasteiger partial charge in [-0.2, -0.15) is 0 Å². The Morgan fingerprint density at radius 1 is 1.39 bits per heavy atom. The molecule has 0 bridgehead atoms. The Balaban J connectivity index is 2.21. The summed E-state index contributed by atoms with van der Waals surface area (Å²) < 4.78 is 0.936. The van der Waals surface area contributed by atoms with Gasteiger partial charge in [0.05, 0.1) is 6.10 Å². The molecule has 0 aliphatic heterocycles. The quantitative estimate of drug-likeness (QED) is 0.922. The molecule has 1 atom stereocenters. The van der Waals surface area contributed by atoms with Crippen molar-refractivity contribution in [2.45, 2.75) is 19.4 Å². The summed E-state index contributed by atoms with van der Waals surface area (Å²) in [6.45, 7) is 1.94. The smallest absolute Gasteiger partial charge is 0.0834 e. The number of hydrogen-bond donors (Lipinski definition) is 1. The lowest BCUT2D eigenvalue weighted by Crippen LogP contribution is -2.04. The van der Waals surface area contributed by atoms with Gasteiger partial charge in [0.1, 0.15) is 0 Å². The highest BCUT2D eigenvalue weighted by Gasteiger charge is 2.13. The summed E-state index contributed by atoms with van der Waals surface area (Å²) in [5.74, 6) is 0. The predicted octanol–water partition coefficient (Wildman–Crippen LogP) is 4.08. The van der Waals surface area contributed by atoms with Gasteiger partial charge in [-0.05, 0) is 41.8 Å². The minimum absolute atomic E-state index is 0.497. The molecular weight excluding hydrogens is 314 g/mol. The lowest BCUT2D eigenvalue weighted by Gasteiger charge is -2.14. The number of rotatable bonds is 3. The van der Waals surface area contributed by atoms with Crippen LogP contribution >= 0.6 is 27.5 Å². The highest BCUT2D eigenvalue weighted by Crippen LogP contribution is 2.27. The number of aryl methyl sites for hydroxylation is 1. The Morgan fingerprint density at radius 3 is 2.83 bits per heavy atom. The van der Waals surface area contributed by atoms with Crippen molar-refractivity contribution in [2.75, 3.05) is 0 Å². The van der Waals surface area contributed by atoms with Crippen LogP contribution in [0, 0.1) is 6.92 Å². The minimum Gasteiger partial charge on any atom is -0.388 e. The van der Waals surface area contributed by atoms with E-state index in [0.717, 1.165) is 21.2 Å². The van der Waals surface area contributed by atoms with Crippen LogP contribution in [0.1, 0.15) is 22.8 Å². The van der Waals surface area contributed by atoms with Crippen LogP contribution < -0.4 is 0 Å². The van der Waals surface area contributed by atoms with E-state index in [9.17, 15) is 5.11 Å². The Morgan fingerprint density at radius 2 is 2.17 bits per heavy atom. The molecule has 0 aliphatic carbocycles. The van der Waals surface area contributed by atoms with E-state index in [1.165, 1.54) is 0 Å². The van der Waals surface area contributed by atoms with E-state index < -0.39 is 6.10 Å². The Bertz CT molecular complexity index is 559. The van der Waals surface area contributed by atoms with E-state index in [1.807, 2.05) is 31.2 Å². The molecule has 1 N–H and O–H groups in total. The first-order chi connectivity index (χ1) is 8.58. The highest BCUT2D eigenvalue weighted by molar-refractivity contribution is 9.10. The third-order valence-electron chi connectivity index (χ3n) is 2.85. The first kappa shape index (κ1) is 13.5. The minimum atomic E-state index is -0.563. The van der Waals surface area contributed by atoms with E-state index in [2.05, 4.69) is 20.9 Å². The number of aliphatic hydroxyl groups excluding tert-OH is 1. The van der Waals surface area contributed by atoms with Crippen LogP contribution in [0.5, 0.6) is 0 Å². The van der Waals surface area contributed by atoms with Crippen LogP contribution in [0.25, 0.3) is 0 Å². The van der Waals surface area contributed by atoms with Gasteiger partial charge in [0.25, 0.3) is 0 Å². The van der Waals surface area contributed by atoms with Gasteiger partial charge in [-0.25, -0.2) is 0 Å². The molecule has 0 aliphatic rings.